The van der Waals surface area contributed by atoms with Crippen molar-refractivity contribution in [3.05, 3.63) is 35.1 Å². The number of carboxylic acid groups (broad SMARTS) is 1. The van der Waals surface area contributed by atoms with Crippen LogP contribution in [0.15, 0.2) is 18.2 Å². The highest BCUT2D eigenvalue weighted by molar-refractivity contribution is 5.69. The van der Waals surface area contributed by atoms with Gasteiger partial charge in [-0.25, -0.2) is 4.39 Å². The first-order chi connectivity index (χ1) is 7.86. The van der Waals surface area contributed by atoms with Crippen molar-refractivity contribution >= 4 is 5.97 Å². The molecule has 1 rings (SSSR count). The van der Waals surface area contributed by atoms with E-state index in [0.29, 0.717) is 12.2 Å². The van der Waals surface area contributed by atoms with E-state index in [1.807, 2.05) is 0 Å². The van der Waals surface area contributed by atoms with Crippen LogP contribution >= 0.6 is 0 Å². The Morgan fingerprint density at radius 3 is 2.65 bits per heavy atom. The van der Waals surface area contributed by atoms with Crippen molar-refractivity contribution in [2.75, 3.05) is 7.11 Å². The van der Waals surface area contributed by atoms with Gasteiger partial charge in [0.25, 0.3) is 0 Å². The van der Waals surface area contributed by atoms with Crippen molar-refractivity contribution < 1.29 is 19.0 Å². The van der Waals surface area contributed by atoms with Gasteiger partial charge in [0.2, 0.25) is 0 Å². The lowest BCUT2D eigenvalue weighted by Gasteiger charge is -2.24. The first-order valence-electron chi connectivity index (χ1n) is 5.36. The Kier molecular flexibility index (Phi) is 4.23. The zero-order chi connectivity index (χ0) is 13.1. The Bertz CT molecular complexity index is 413. The summed E-state index contributed by atoms with van der Waals surface area (Å²) >= 11 is 0. The van der Waals surface area contributed by atoms with E-state index in [2.05, 4.69) is 0 Å². The van der Waals surface area contributed by atoms with Crippen LogP contribution < -0.4 is 0 Å². The minimum absolute atomic E-state index is 0.111. The molecule has 0 saturated carbocycles. The zero-order valence-electron chi connectivity index (χ0n) is 10.3. The summed E-state index contributed by atoms with van der Waals surface area (Å²) < 4.78 is 18.7. The van der Waals surface area contributed by atoms with E-state index in [9.17, 15) is 9.18 Å². The molecule has 0 fully saturated rings. The summed E-state index contributed by atoms with van der Waals surface area (Å²) in [4.78, 5) is 10.8. The molecule has 3 nitrogen and oxygen atoms in total. The van der Waals surface area contributed by atoms with Gasteiger partial charge in [-0.3, -0.25) is 4.79 Å². The third-order valence-electron chi connectivity index (χ3n) is 2.66. The summed E-state index contributed by atoms with van der Waals surface area (Å²) in [6.45, 7) is 3.82. The first kappa shape index (κ1) is 13.6. The van der Waals surface area contributed by atoms with Crippen molar-refractivity contribution in [3.63, 3.8) is 0 Å². The number of benzene rings is 1. The maximum atomic E-state index is 13.7. The molecular formula is C13H17FO3. The van der Waals surface area contributed by atoms with Gasteiger partial charge in [0, 0.05) is 12.5 Å². The quantitative estimate of drug-likeness (QED) is 0.860. The third-order valence-corrected chi connectivity index (χ3v) is 2.66. The second-order valence-electron chi connectivity index (χ2n) is 4.70. The summed E-state index contributed by atoms with van der Waals surface area (Å²) in [6, 6.07) is 4.66. The van der Waals surface area contributed by atoms with Crippen molar-refractivity contribution in [1.29, 1.82) is 0 Å². The lowest BCUT2D eigenvalue weighted by molar-refractivity contribution is -0.138. The van der Waals surface area contributed by atoms with Crippen LogP contribution in [0, 0.1) is 5.82 Å². The minimum Gasteiger partial charge on any atom is -0.481 e. The Morgan fingerprint density at radius 2 is 2.12 bits per heavy atom. The van der Waals surface area contributed by atoms with E-state index in [-0.39, 0.29) is 12.2 Å². The number of carboxylic acids is 1. The molecule has 94 valence electrons. The van der Waals surface area contributed by atoms with Crippen molar-refractivity contribution in [1.82, 2.24) is 0 Å². The van der Waals surface area contributed by atoms with Crippen LogP contribution in [0.25, 0.3) is 0 Å². The fourth-order valence-electron chi connectivity index (χ4n) is 1.82. The molecular weight excluding hydrogens is 223 g/mol. The molecule has 4 heteroatoms. The molecule has 0 heterocycles. The average molecular weight is 240 g/mol. The summed E-state index contributed by atoms with van der Waals surface area (Å²) in [5.74, 6) is -1.32. The minimum atomic E-state index is -0.938. The molecule has 0 saturated heterocycles. The lowest BCUT2D eigenvalue weighted by Crippen LogP contribution is -2.23. The molecule has 0 spiro atoms. The Labute approximate surface area is 100 Å². The van der Waals surface area contributed by atoms with E-state index < -0.39 is 11.4 Å². The molecule has 1 aromatic rings. The number of hydrogen-bond acceptors (Lipinski definition) is 2. The number of hydrogen-bond donors (Lipinski definition) is 1. The monoisotopic (exact) mass is 240 g/mol. The molecule has 1 N–H and O–H groups in total. The number of halogens is 1. The molecule has 17 heavy (non-hydrogen) atoms. The predicted molar refractivity (Wildman–Crippen MR) is 62.4 cm³/mol. The number of methoxy groups -OCH3 is 1. The largest absolute Gasteiger partial charge is 0.481 e. The van der Waals surface area contributed by atoms with E-state index >= 15 is 0 Å². The van der Waals surface area contributed by atoms with Crippen LogP contribution in [0.3, 0.4) is 0 Å². The van der Waals surface area contributed by atoms with E-state index in [4.69, 9.17) is 9.84 Å². The molecule has 0 aliphatic heterocycles. The standard InChI is InChI=1S/C13H17FO3/c1-13(2,7-12(15)16)10-6-9(8-17-3)4-5-11(10)14/h4-6H,7-8H2,1-3H3,(H,15,16). The Morgan fingerprint density at radius 1 is 1.47 bits per heavy atom. The van der Waals surface area contributed by atoms with E-state index in [0.717, 1.165) is 5.56 Å². The van der Waals surface area contributed by atoms with Crippen LogP contribution in [0.1, 0.15) is 31.4 Å². The van der Waals surface area contributed by atoms with Crippen LogP contribution in [0.2, 0.25) is 0 Å². The van der Waals surface area contributed by atoms with Crippen LogP contribution in [0.5, 0.6) is 0 Å². The maximum absolute atomic E-state index is 13.7. The second-order valence-corrected chi connectivity index (χ2v) is 4.70. The third kappa shape index (κ3) is 3.53. The topological polar surface area (TPSA) is 46.5 Å². The van der Waals surface area contributed by atoms with Gasteiger partial charge in [-0.15, -0.1) is 0 Å². The molecule has 0 aliphatic rings. The molecule has 0 unspecified atom stereocenters. The number of carbonyl (C=O) groups is 1. The Hall–Kier alpha value is -1.42. The lowest BCUT2D eigenvalue weighted by atomic mass is 9.80. The van der Waals surface area contributed by atoms with Crippen molar-refractivity contribution in [3.8, 4) is 0 Å². The number of aliphatic carboxylic acids is 1. The predicted octanol–water partition coefficient (Wildman–Crippen LogP) is 2.72. The van der Waals surface area contributed by atoms with Gasteiger partial charge in [-0.2, -0.15) is 0 Å². The van der Waals surface area contributed by atoms with Gasteiger partial charge in [0.15, 0.2) is 0 Å². The molecule has 0 amide bonds. The summed E-state index contributed by atoms with van der Waals surface area (Å²) in [6.07, 6.45) is -0.111. The molecule has 1 aromatic carbocycles. The van der Waals surface area contributed by atoms with Crippen molar-refractivity contribution in [2.24, 2.45) is 0 Å². The summed E-state index contributed by atoms with van der Waals surface area (Å²) in [5.41, 5.74) is 0.511. The molecule has 0 aromatic heterocycles. The maximum Gasteiger partial charge on any atom is 0.304 e. The smallest absolute Gasteiger partial charge is 0.304 e. The van der Waals surface area contributed by atoms with Gasteiger partial charge in [0.05, 0.1) is 13.0 Å². The second kappa shape index (κ2) is 5.27. The van der Waals surface area contributed by atoms with Crippen LogP contribution in [-0.2, 0) is 21.6 Å². The summed E-state index contributed by atoms with van der Waals surface area (Å²) in [5, 5.41) is 8.83. The molecule has 0 bridgehead atoms. The highest BCUT2D eigenvalue weighted by Crippen LogP contribution is 2.30. The van der Waals surface area contributed by atoms with Gasteiger partial charge < -0.3 is 9.84 Å². The zero-order valence-corrected chi connectivity index (χ0v) is 10.3. The highest BCUT2D eigenvalue weighted by Gasteiger charge is 2.27. The summed E-state index contributed by atoms with van der Waals surface area (Å²) in [7, 11) is 1.56. The molecule has 0 radical (unpaired) electrons. The number of ether oxygens (including phenoxy) is 1. The van der Waals surface area contributed by atoms with E-state index in [1.54, 1.807) is 33.1 Å². The van der Waals surface area contributed by atoms with Gasteiger partial charge in [-0.1, -0.05) is 26.0 Å². The van der Waals surface area contributed by atoms with Crippen LogP contribution in [0.4, 0.5) is 4.39 Å². The van der Waals surface area contributed by atoms with Gasteiger partial charge in [0.1, 0.15) is 5.82 Å². The van der Waals surface area contributed by atoms with Crippen LogP contribution in [-0.4, -0.2) is 18.2 Å². The fourth-order valence-corrected chi connectivity index (χ4v) is 1.82. The normalized spacial score (nSPS) is 11.5. The van der Waals surface area contributed by atoms with E-state index in [1.165, 1.54) is 6.07 Å². The van der Waals surface area contributed by atoms with Crippen molar-refractivity contribution in [2.45, 2.75) is 32.3 Å². The average Bonchev–Trinajstić information content (AvgIpc) is 2.19. The SMILES string of the molecule is COCc1ccc(F)c(C(C)(C)CC(=O)O)c1. The molecule has 0 aliphatic carbocycles. The highest BCUT2D eigenvalue weighted by atomic mass is 19.1. The van der Waals surface area contributed by atoms with Gasteiger partial charge >= 0.3 is 5.97 Å². The number of rotatable bonds is 5. The fraction of sp³-hybridized carbons (Fsp3) is 0.462. The molecule has 0 atom stereocenters. The Balaban J connectivity index is 3.10. The first-order valence-corrected chi connectivity index (χ1v) is 5.36. The van der Waals surface area contributed by atoms with Gasteiger partial charge in [-0.05, 0) is 17.2 Å².